The lowest BCUT2D eigenvalue weighted by Gasteiger charge is -2.35. The first-order chi connectivity index (χ1) is 13.4. The second-order valence-electron chi connectivity index (χ2n) is 9.45. The van der Waals surface area contributed by atoms with Crippen LogP contribution in [0.25, 0.3) is 0 Å². The van der Waals surface area contributed by atoms with Crippen LogP contribution >= 0.6 is 0 Å². The first-order valence-electron chi connectivity index (χ1n) is 10.3. The smallest absolute Gasteiger partial charge is 0.261 e. The van der Waals surface area contributed by atoms with Gasteiger partial charge in [-0.2, -0.15) is 0 Å². The molecular formula is C24H35NO3Si. The van der Waals surface area contributed by atoms with E-state index in [9.17, 15) is 9.59 Å². The topological polar surface area (TPSA) is 46.6 Å². The maximum absolute atomic E-state index is 12.5. The molecule has 1 aliphatic heterocycles. The summed E-state index contributed by atoms with van der Waals surface area (Å²) in [5.74, 6) is -0.394. The van der Waals surface area contributed by atoms with Crippen LogP contribution in [-0.4, -0.2) is 38.2 Å². The van der Waals surface area contributed by atoms with E-state index in [1.54, 1.807) is 24.3 Å². The molecule has 1 aromatic carbocycles. The average molecular weight is 414 g/mol. The van der Waals surface area contributed by atoms with Crippen LogP contribution in [0, 0.1) is 0 Å². The highest BCUT2D eigenvalue weighted by Crippen LogP contribution is 2.36. The fourth-order valence-electron chi connectivity index (χ4n) is 2.95. The molecule has 5 heteroatoms. The normalized spacial score (nSPS) is 15.9. The fraction of sp³-hybridized carbons (Fsp3) is 0.500. The van der Waals surface area contributed by atoms with Crippen molar-refractivity contribution >= 4 is 20.1 Å². The second-order valence-corrected chi connectivity index (χ2v) is 14.3. The lowest BCUT2D eigenvalue weighted by Crippen LogP contribution is -2.40. The molecule has 0 saturated heterocycles. The summed E-state index contributed by atoms with van der Waals surface area (Å²) in [6.45, 7) is 16.4. The van der Waals surface area contributed by atoms with Crippen LogP contribution in [0.2, 0.25) is 18.1 Å². The predicted octanol–water partition coefficient (Wildman–Crippen LogP) is 5.98. The number of amides is 2. The van der Waals surface area contributed by atoms with E-state index in [2.05, 4.69) is 52.9 Å². The fourth-order valence-corrected chi connectivity index (χ4v) is 3.89. The molecule has 0 N–H and O–H groups in total. The lowest BCUT2D eigenvalue weighted by atomic mass is 10.1. The molecule has 2 rings (SSSR count). The first-order valence-corrected chi connectivity index (χ1v) is 13.3. The van der Waals surface area contributed by atoms with Gasteiger partial charge in [0.2, 0.25) is 0 Å². The summed E-state index contributed by atoms with van der Waals surface area (Å²) in [6, 6.07) is 7.02. The predicted molar refractivity (Wildman–Crippen MR) is 122 cm³/mol. The van der Waals surface area contributed by atoms with Crippen molar-refractivity contribution < 1.29 is 14.0 Å². The Morgan fingerprint density at radius 2 is 1.55 bits per heavy atom. The van der Waals surface area contributed by atoms with Gasteiger partial charge in [-0.05, 0) is 57.0 Å². The maximum Gasteiger partial charge on any atom is 0.261 e. The quantitative estimate of drug-likeness (QED) is 0.299. The zero-order chi connectivity index (χ0) is 21.8. The van der Waals surface area contributed by atoms with Crippen molar-refractivity contribution in [2.45, 2.75) is 65.6 Å². The van der Waals surface area contributed by atoms with E-state index in [-0.39, 0.29) is 16.9 Å². The van der Waals surface area contributed by atoms with E-state index >= 15 is 0 Å². The molecule has 0 aromatic heterocycles. The number of carbonyl (C=O) groups is 2. The van der Waals surface area contributed by atoms with E-state index in [0.717, 1.165) is 18.4 Å². The Bertz CT molecular complexity index is 796. The molecule has 0 radical (unpaired) electrons. The van der Waals surface area contributed by atoms with Gasteiger partial charge in [0, 0.05) is 6.54 Å². The molecule has 4 nitrogen and oxygen atoms in total. The summed E-state index contributed by atoms with van der Waals surface area (Å²) in [5.41, 5.74) is 3.34. The molecule has 29 heavy (non-hydrogen) atoms. The summed E-state index contributed by atoms with van der Waals surface area (Å²) in [4.78, 5) is 26.2. The number of fused-ring (bicyclic) bond motifs is 1. The van der Waals surface area contributed by atoms with Gasteiger partial charge in [0.05, 0.1) is 17.7 Å². The van der Waals surface area contributed by atoms with Gasteiger partial charge in [-0.3, -0.25) is 14.5 Å². The third-order valence-electron chi connectivity index (χ3n) is 6.00. The van der Waals surface area contributed by atoms with Gasteiger partial charge in [0.25, 0.3) is 11.8 Å². The van der Waals surface area contributed by atoms with Crippen molar-refractivity contribution in [1.82, 2.24) is 4.90 Å². The molecule has 2 amide bonds. The van der Waals surface area contributed by atoms with E-state index < -0.39 is 8.32 Å². The van der Waals surface area contributed by atoms with E-state index in [1.165, 1.54) is 10.5 Å². The molecule has 1 heterocycles. The summed E-state index contributed by atoms with van der Waals surface area (Å²) in [6.07, 6.45) is 6.13. The highest BCUT2D eigenvalue weighted by atomic mass is 28.4. The van der Waals surface area contributed by atoms with Gasteiger partial charge < -0.3 is 4.43 Å². The number of hydrogen-bond donors (Lipinski definition) is 0. The molecule has 0 bridgehead atoms. The van der Waals surface area contributed by atoms with Crippen molar-refractivity contribution in [2.75, 3.05) is 13.2 Å². The van der Waals surface area contributed by atoms with Crippen LogP contribution in [0.4, 0.5) is 0 Å². The largest absolute Gasteiger partial charge is 0.413 e. The Morgan fingerprint density at radius 1 is 1.00 bits per heavy atom. The van der Waals surface area contributed by atoms with Crippen LogP contribution in [0.1, 0.15) is 68.2 Å². The van der Waals surface area contributed by atoms with Crippen LogP contribution in [0.3, 0.4) is 0 Å². The molecule has 0 saturated carbocycles. The van der Waals surface area contributed by atoms with E-state index in [4.69, 9.17) is 4.43 Å². The average Bonchev–Trinajstić information content (AvgIpc) is 2.86. The number of imide groups is 1. The van der Waals surface area contributed by atoms with Crippen molar-refractivity contribution in [3.8, 4) is 0 Å². The number of allylic oxidation sites excluding steroid dienone is 2. The van der Waals surface area contributed by atoms with Crippen LogP contribution < -0.4 is 0 Å². The van der Waals surface area contributed by atoms with Gasteiger partial charge in [0.15, 0.2) is 8.32 Å². The molecule has 0 atom stereocenters. The minimum Gasteiger partial charge on any atom is -0.413 e. The Hall–Kier alpha value is -1.98. The Balaban J connectivity index is 1.83. The molecule has 1 aliphatic rings. The van der Waals surface area contributed by atoms with Crippen molar-refractivity contribution in [3.63, 3.8) is 0 Å². The first kappa shape index (κ1) is 23.3. The molecule has 1 aromatic rings. The molecule has 0 spiro atoms. The standard InChI is InChI=1S/C24H35NO3Si/c1-18(15-16-28-29(6,7)24(3,4)5)11-10-12-19(2)17-25-22(26)20-13-8-9-14-21(20)23(25)27/h8-9,12-15H,10-11,16-17H2,1-7H3/b18-15+,19-12+. The van der Waals surface area contributed by atoms with Gasteiger partial charge in [-0.25, -0.2) is 0 Å². The SMILES string of the molecule is C/C(=C\CO[Si](C)(C)C(C)(C)C)CC/C=C(\C)CN1C(=O)c2ccccc2C1=O. The van der Waals surface area contributed by atoms with E-state index in [0.29, 0.717) is 24.3 Å². The van der Waals surface area contributed by atoms with E-state index in [1.807, 2.05) is 6.92 Å². The van der Waals surface area contributed by atoms with Crippen LogP contribution in [0.15, 0.2) is 47.6 Å². The van der Waals surface area contributed by atoms with Crippen LogP contribution in [-0.2, 0) is 4.43 Å². The molecule has 0 aliphatic carbocycles. The second kappa shape index (κ2) is 9.22. The third kappa shape index (κ3) is 5.77. The summed E-state index contributed by atoms with van der Waals surface area (Å²) in [5, 5.41) is 0.221. The minimum atomic E-state index is -1.71. The Labute approximate surface area is 176 Å². The Kier molecular flexibility index (Phi) is 7.41. The van der Waals surface area contributed by atoms with Crippen LogP contribution in [0.5, 0.6) is 0 Å². The number of hydrogen-bond acceptors (Lipinski definition) is 3. The van der Waals surface area contributed by atoms with Gasteiger partial charge >= 0.3 is 0 Å². The minimum absolute atomic E-state index is 0.197. The highest BCUT2D eigenvalue weighted by Gasteiger charge is 2.37. The van der Waals surface area contributed by atoms with Gasteiger partial charge in [-0.1, -0.05) is 56.2 Å². The van der Waals surface area contributed by atoms with Gasteiger partial charge in [-0.15, -0.1) is 0 Å². The lowest BCUT2D eigenvalue weighted by molar-refractivity contribution is 0.0668. The summed E-state index contributed by atoms with van der Waals surface area (Å²) < 4.78 is 6.20. The molecule has 0 unspecified atom stereocenters. The zero-order valence-electron chi connectivity index (χ0n) is 19.0. The third-order valence-corrected chi connectivity index (χ3v) is 10.5. The highest BCUT2D eigenvalue weighted by molar-refractivity contribution is 6.74. The summed E-state index contributed by atoms with van der Waals surface area (Å²) in [7, 11) is -1.71. The molecule has 0 fully saturated rings. The van der Waals surface area contributed by atoms with Crippen molar-refractivity contribution in [1.29, 1.82) is 0 Å². The molecular weight excluding hydrogens is 378 g/mol. The van der Waals surface area contributed by atoms with Crippen molar-refractivity contribution in [2.24, 2.45) is 0 Å². The van der Waals surface area contributed by atoms with Crippen molar-refractivity contribution in [3.05, 3.63) is 58.7 Å². The number of nitrogens with zero attached hydrogens (tertiary/aromatic N) is 1. The summed E-state index contributed by atoms with van der Waals surface area (Å²) >= 11 is 0. The number of benzene rings is 1. The monoisotopic (exact) mass is 413 g/mol. The number of carbonyl (C=O) groups excluding carboxylic acids is 2. The number of rotatable bonds is 8. The molecule has 158 valence electrons. The Morgan fingerprint density at radius 3 is 2.07 bits per heavy atom. The maximum atomic E-state index is 12.5. The van der Waals surface area contributed by atoms with Gasteiger partial charge in [0.1, 0.15) is 0 Å². The zero-order valence-corrected chi connectivity index (χ0v) is 20.0.